The highest BCUT2D eigenvalue weighted by Gasteiger charge is 2.17. The summed E-state index contributed by atoms with van der Waals surface area (Å²) >= 11 is 0. The molecular formula is C20H35NO. The fourth-order valence-corrected chi connectivity index (χ4v) is 2.96. The van der Waals surface area contributed by atoms with Crippen LogP contribution in [0.4, 0.5) is 0 Å². The largest absolute Gasteiger partial charge is 0.353 e. The molecule has 0 unspecified atom stereocenters. The fraction of sp³-hybridized carbons (Fsp3) is 0.750. The number of nitrogens with zero attached hydrogens (tertiary/aromatic N) is 1. The molecule has 0 aliphatic rings. The van der Waals surface area contributed by atoms with E-state index in [-0.39, 0.29) is 0 Å². The van der Waals surface area contributed by atoms with E-state index >= 15 is 0 Å². The minimum atomic E-state index is 0.397. The van der Waals surface area contributed by atoms with E-state index in [1.807, 2.05) is 18.5 Å². The lowest BCUT2D eigenvalue weighted by atomic mass is 9.83. The molecule has 0 N–H and O–H groups in total. The van der Waals surface area contributed by atoms with Crippen LogP contribution in [0.3, 0.4) is 0 Å². The number of aryl methyl sites for hydroxylation is 1. The van der Waals surface area contributed by atoms with Gasteiger partial charge in [-0.05, 0) is 24.3 Å². The van der Waals surface area contributed by atoms with Gasteiger partial charge in [-0.2, -0.15) is 0 Å². The summed E-state index contributed by atoms with van der Waals surface area (Å²) in [5.41, 5.74) is 1.18. The Hall–Kier alpha value is -1.05. The minimum Gasteiger partial charge on any atom is -0.353 e. The second kappa shape index (κ2) is 10.6. The van der Waals surface area contributed by atoms with E-state index in [0.717, 1.165) is 18.4 Å². The van der Waals surface area contributed by atoms with Crippen LogP contribution in [-0.2, 0) is 6.54 Å². The van der Waals surface area contributed by atoms with Gasteiger partial charge in [-0.25, -0.2) is 0 Å². The molecule has 0 aromatic carbocycles. The van der Waals surface area contributed by atoms with E-state index in [4.69, 9.17) is 0 Å². The summed E-state index contributed by atoms with van der Waals surface area (Å²) in [5, 5.41) is 0. The Morgan fingerprint density at radius 1 is 1.00 bits per heavy atom. The molecule has 1 heterocycles. The SMILES string of the molecule is CCCCCCCCCCC(C)(C)CCn1ccc(C=O)c1. The molecule has 0 bridgehead atoms. The van der Waals surface area contributed by atoms with E-state index in [0.29, 0.717) is 5.41 Å². The summed E-state index contributed by atoms with van der Waals surface area (Å²) in [6.45, 7) is 8.03. The number of aromatic nitrogens is 1. The smallest absolute Gasteiger partial charge is 0.151 e. The van der Waals surface area contributed by atoms with Crippen molar-refractivity contribution >= 4 is 6.29 Å². The topological polar surface area (TPSA) is 22.0 Å². The predicted octanol–water partition coefficient (Wildman–Crippen LogP) is 6.25. The van der Waals surface area contributed by atoms with Gasteiger partial charge in [0.05, 0.1) is 0 Å². The van der Waals surface area contributed by atoms with Gasteiger partial charge in [-0.3, -0.25) is 4.79 Å². The molecule has 2 heteroatoms. The molecule has 0 amide bonds. The van der Waals surface area contributed by atoms with Crippen LogP contribution in [0.1, 0.15) is 95.3 Å². The summed E-state index contributed by atoms with van der Waals surface area (Å²) in [7, 11) is 0. The highest BCUT2D eigenvalue weighted by atomic mass is 16.1. The van der Waals surface area contributed by atoms with Crippen LogP contribution in [0.15, 0.2) is 18.5 Å². The van der Waals surface area contributed by atoms with Crippen LogP contribution in [0, 0.1) is 5.41 Å². The van der Waals surface area contributed by atoms with Gasteiger partial charge in [0, 0.05) is 24.5 Å². The van der Waals surface area contributed by atoms with Gasteiger partial charge < -0.3 is 4.57 Å². The molecule has 0 aliphatic heterocycles. The molecule has 0 spiro atoms. The van der Waals surface area contributed by atoms with Crippen LogP contribution in [-0.4, -0.2) is 10.9 Å². The van der Waals surface area contributed by atoms with Crippen LogP contribution in [0.25, 0.3) is 0 Å². The zero-order valence-electron chi connectivity index (χ0n) is 14.9. The molecule has 0 radical (unpaired) electrons. The quantitative estimate of drug-likeness (QED) is 0.312. The summed E-state index contributed by atoms with van der Waals surface area (Å²) in [4.78, 5) is 10.7. The molecule has 0 saturated carbocycles. The van der Waals surface area contributed by atoms with Gasteiger partial charge in [-0.15, -0.1) is 0 Å². The number of rotatable bonds is 13. The Bertz CT molecular complexity index is 406. The molecule has 0 atom stereocenters. The van der Waals surface area contributed by atoms with Gasteiger partial charge in [0.2, 0.25) is 0 Å². The van der Waals surface area contributed by atoms with Crippen molar-refractivity contribution in [1.29, 1.82) is 0 Å². The number of hydrogen-bond acceptors (Lipinski definition) is 1. The molecule has 0 saturated heterocycles. The molecule has 1 aromatic rings. The van der Waals surface area contributed by atoms with Crippen molar-refractivity contribution < 1.29 is 4.79 Å². The summed E-state index contributed by atoms with van der Waals surface area (Å²) in [5.74, 6) is 0. The van der Waals surface area contributed by atoms with Crippen LogP contribution < -0.4 is 0 Å². The number of carbonyl (C=O) groups is 1. The van der Waals surface area contributed by atoms with E-state index in [1.54, 1.807) is 0 Å². The minimum absolute atomic E-state index is 0.397. The lowest BCUT2D eigenvalue weighted by molar-refractivity contribution is 0.112. The van der Waals surface area contributed by atoms with Crippen molar-refractivity contribution in [3.63, 3.8) is 0 Å². The third kappa shape index (κ3) is 8.41. The number of carbonyl (C=O) groups excluding carboxylic acids is 1. The maximum Gasteiger partial charge on any atom is 0.151 e. The van der Waals surface area contributed by atoms with E-state index in [9.17, 15) is 4.79 Å². The van der Waals surface area contributed by atoms with Crippen LogP contribution in [0.5, 0.6) is 0 Å². The second-order valence-corrected chi connectivity index (χ2v) is 7.44. The Morgan fingerprint density at radius 2 is 1.64 bits per heavy atom. The summed E-state index contributed by atoms with van der Waals surface area (Å²) in [6.07, 6.45) is 18.5. The van der Waals surface area contributed by atoms with Gasteiger partial charge >= 0.3 is 0 Å². The number of unbranched alkanes of at least 4 members (excludes halogenated alkanes) is 7. The van der Waals surface area contributed by atoms with Crippen molar-refractivity contribution in [2.75, 3.05) is 0 Å². The first-order valence-corrected chi connectivity index (χ1v) is 9.18. The average molecular weight is 306 g/mol. The monoisotopic (exact) mass is 305 g/mol. The zero-order chi connectivity index (χ0) is 16.3. The van der Waals surface area contributed by atoms with Gasteiger partial charge in [0.15, 0.2) is 6.29 Å². The first-order valence-electron chi connectivity index (χ1n) is 9.18. The van der Waals surface area contributed by atoms with E-state index < -0.39 is 0 Å². The molecule has 1 rings (SSSR count). The van der Waals surface area contributed by atoms with Crippen molar-refractivity contribution in [1.82, 2.24) is 4.57 Å². The summed E-state index contributed by atoms with van der Waals surface area (Å²) < 4.78 is 2.14. The third-order valence-corrected chi connectivity index (χ3v) is 4.66. The maximum atomic E-state index is 10.7. The Morgan fingerprint density at radius 3 is 2.23 bits per heavy atom. The summed E-state index contributed by atoms with van der Waals surface area (Å²) in [6, 6.07) is 1.89. The highest BCUT2D eigenvalue weighted by molar-refractivity contribution is 5.74. The molecule has 2 nitrogen and oxygen atoms in total. The fourth-order valence-electron chi connectivity index (χ4n) is 2.96. The van der Waals surface area contributed by atoms with Crippen molar-refractivity contribution in [3.8, 4) is 0 Å². The molecular weight excluding hydrogens is 270 g/mol. The lowest BCUT2D eigenvalue weighted by Gasteiger charge is -2.25. The molecule has 1 aromatic heterocycles. The lowest BCUT2D eigenvalue weighted by Crippen LogP contribution is -2.14. The van der Waals surface area contributed by atoms with Crippen molar-refractivity contribution in [2.24, 2.45) is 5.41 Å². The first-order chi connectivity index (χ1) is 10.6. The van der Waals surface area contributed by atoms with E-state index in [2.05, 4.69) is 25.3 Å². The maximum absolute atomic E-state index is 10.7. The first kappa shape index (κ1) is 19.0. The molecule has 0 fully saturated rings. The van der Waals surface area contributed by atoms with Gasteiger partial charge in [0.25, 0.3) is 0 Å². The average Bonchev–Trinajstić information content (AvgIpc) is 2.96. The molecule has 126 valence electrons. The van der Waals surface area contributed by atoms with Crippen LogP contribution >= 0.6 is 0 Å². The van der Waals surface area contributed by atoms with Gasteiger partial charge in [-0.1, -0.05) is 72.1 Å². The van der Waals surface area contributed by atoms with Gasteiger partial charge in [0.1, 0.15) is 0 Å². The Kier molecular flexibility index (Phi) is 9.19. The third-order valence-electron chi connectivity index (χ3n) is 4.66. The Balaban J connectivity index is 2.09. The number of aldehydes is 1. The highest BCUT2D eigenvalue weighted by Crippen LogP contribution is 2.28. The van der Waals surface area contributed by atoms with E-state index in [1.165, 1.54) is 64.2 Å². The van der Waals surface area contributed by atoms with Crippen molar-refractivity contribution in [3.05, 3.63) is 24.0 Å². The zero-order valence-corrected chi connectivity index (χ0v) is 14.9. The predicted molar refractivity (Wildman–Crippen MR) is 95.4 cm³/mol. The van der Waals surface area contributed by atoms with Crippen LogP contribution in [0.2, 0.25) is 0 Å². The molecule has 22 heavy (non-hydrogen) atoms. The standard InChI is InChI=1S/C20H35NO/c1-4-5-6-7-8-9-10-11-13-20(2,3)14-16-21-15-12-19(17-21)18-22/h12,15,17-18H,4-11,13-14,16H2,1-3H3. The van der Waals surface area contributed by atoms with Crippen molar-refractivity contribution in [2.45, 2.75) is 91.5 Å². The normalized spacial score (nSPS) is 11.8. The second-order valence-electron chi connectivity index (χ2n) is 7.44. The number of hydrogen-bond donors (Lipinski definition) is 0. The Labute approximate surface area is 137 Å². The molecule has 0 aliphatic carbocycles.